The molecule has 2 aromatic heterocycles. The number of aryl methyl sites for hydroxylation is 2. The number of fused-ring (bicyclic) bond motifs is 1. The summed E-state index contributed by atoms with van der Waals surface area (Å²) < 4.78 is 1.61. The monoisotopic (exact) mass is 471 g/mol. The van der Waals surface area contributed by atoms with E-state index in [0.717, 1.165) is 47.2 Å². The predicted octanol–water partition coefficient (Wildman–Crippen LogP) is 4.96. The molecule has 0 aliphatic rings. The fourth-order valence-electron chi connectivity index (χ4n) is 3.99. The minimum Gasteiger partial charge on any atom is -0.480 e. The highest BCUT2D eigenvalue weighted by Gasteiger charge is 2.23. The molecule has 2 heterocycles. The first-order valence-electron chi connectivity index (χ1n) is 11.2. The molecule has 34 heavy (non-hydrogen) atoms. The van der Waals surface area contributed by atoms with Crippen LogP contribution in [0.3, 0.4) is 0 Å². The van der Waals surface area contributed by atoms with E-state index in [9.17, 15) is 15.2 Å². The van der Waals surface area contributed by atoms with Crippen LogP contribution in [0.2, 0.25) is 0 Å². The minimum absolute atomic E-state index is 0.151. The maximum Gasteiger partial charge on any atom is 0.324 e. The predicted molar refractivity (Wildman–Crippen MR) is 133 cm³/mol. The number of rotatable bonds is 8. The van der Waals surface area contributed by atoms with E-state index in [2.05, 4.69) is 35.7 Å². The highest BCUT2D eigenvalue weighted by atomic mass is 32.1. The average Bonchev–Trinajstić information content (AvgIpc) is 3.30. The third kappa shape index (κ3) is 4.66. The molecule has 2 aromatic carbocycles. The molecule has 4 rings (SSSR count). The summed E-state index contributed by atoms with van der Waals surface area (Å²) in [5.41, 5.74) is 6.09. The summed E-state index contributed by atoms with van der Waals surface area (Å²) in [5, 5.41) is 22.1. The van der Waals surface area contributed by atoms with Crippen molar-refractivity contribution in [2.75, 3.05) is 0 Å². The lowest BCUT2D eigenvalue weighted by atomic mass is 9.96. The van der Waals surface area contributed by atoms with E-state index in [1.54, 1.807) is 4.52 Å². The van der Waals surface area contributed by atoms with Crippen molar-refractivity contribution in [3.63, 3.8) is 0 Å². The zero-order valence-corrected chi connectivity index (χ0v) is 20.0. The van der Waals surface area contributed by atoms with Crippen molar-refractivity contribution in [3.05, 3.63) is 82.6 Å². The van der Waals surface area contributed by atoms with Gasteiger partial charge in [-0.25, -0.2) is 9.97 Å². The van der Waals surface area contributed by atoms with Gasteiger partial charge in [-0.05, 0) is 42.5 Å². The van der Waals surface area contributed by atoms with Crippen LogP contribution in [0.25, 0.3) is 16.8 Å². The second-order valence-corrected chi connectivity index (χ2v) is 8.68. The molecule has 0 saturated heterocycles. The molecule has 0 aliphatic heterocycles. The third-order valence-electron chi connectivity index (χ3n) is 5.78. The lowest BCUT2D eigenvalue weighted by Gasteiger charge is -2.12. The maximum absolute atomic E-state index is 11.4. The highest BCUT2D eigenvalue weighted by molar-refractivity contribution is 7.81. The molecule has 4 aromatic rings. The van der Waals surface area contributed by atoms with Crippen molar-refractivity contribution < 1.29 is 9.90 Å². The SMILES string of the molecule is CCCCc1nc(C)n2nc(C(S)C(=O)O)nc2c1Cc1ccc(-c2ccccc2C#N)cc1. The number of nitrogens with zero attached hydrogens (tertiary/aromatic N) is 5. The van der Waals surface area contributed by atoms with Crippen LogP contribution in [-0.2, 0) is 17.6 Å². The number of thiol groups is 1. The lowest BCUT2D eigenvalue weighted by Crippen LogP contribution is -2.09. The van der Waals surface area contributed by atoms with Gasteiger partial charge in [0, 0.05) is 17.7 Å². The molecule has 0 bridgehead atoms. The standard InChI is InChI=1S/C26H25N5O2S/c1-3-4-9-22-21(25-29-24(23(34)26(32)33)30-31(25)16(2)28-22)14-17-10-12-18(13-11-17)20-8-6-5-7-19(20)15-27/h5-8,10-13,23,34H,3-4,9,14H2,1-2H3,(H,32,33). The zero-order valence-electron chi connectivity index (χ0n) is 19.1. The number of unbranched alkanes of at least 4 members (excludes halogenated alkanes) is 1. The van der Waals surface area contributed by atoms with Gasteiger partial charge in [-0.15, -0.1) is 5.10 Å². The molecule has 0 spiro atoms. The first-order chi connectivity index (χ1) is 16.4. The number of carboxylic acids is 1. The molecular weight excluding hydrogens is 446 g/mol. The smallest absolute Gasteiger partial charge is 0.324 e. The van der Waals surface area contributed by atoms with E-state index in [0.29, 0.717) is 23.5 Å². The fourth-order valence-corrected chi connectivity index (χ4v) is 4.09. The summed E-state index contributed by atoms with van der Waals surface area (Å²) >= 11 is 4.16. The number of nitriles is 1. The van der Waals surface area contributed by atoms with Crippen molar-refractivity contribution >= 4 is 24.2 Å². The Morgan fingerprint density at radius 3 is 2.59 bits per heavy atom. The number of hydrogen-bond acceptors (Lipinski definition) is 6. The molecule has 172 valence electrons. The first kappa shape index (κ1) is 23.5. The van der Waals surface area contributed by atoms with Crippen LogP contribution >= 0.6 is 12.6 Å². The first-order valence-corrected chi connectivity index (χ1v) is 11.7. The molecule has 0 amide bonds. The van der Waals surface area contributed by atoms with Crippen molar-refractivity contribution in [2.24, 2.45) is 0 Å². The van der Waals surface area contributed by atoms with Gasteiger partial charge in [0.15, 0.2) is 16.7 Å². The van der Waals surface area contributed by atoms with Gasteiger partial charge in [0.25, 0.3) is 0 Å². The van der Waals surface area contributed by atoms with Crippen LogP contribution in [-0.4, -0.2) is 30.7 Å². The van der Waals surface area contributed by atoms with Gasteiger partial charge in [0.2, 0.25) is 0 Å². The molecule has 0 saturated carbocycles. The third-order valence-corrected chi connectivity index (χ3v) is 6.24. The second-order valence-electron chi connectivity index (χ2n) is 8.17. The summed E-state index contributed by atoms with van der Waals surface area (Å²) in [5.74, 6) is -0.276. The number of aromatic nitrogens is 4. The van der Waals surface area contributed by atoms with Gasteiger partial charge in [0.05, 0.1) is 11.6 Å². The lowest BCUT2D eigenvalue weighted by molar-refractivity contribution is -0.136. The second kappa shape index (κ2) is 10.1. The molecule has 0 fully saturated rings. The van der Waals surface area contributed by atoms with E-state index in [-0.39, 0.29) is 5.82 Å². The number of aliphatic carboxylic acids is 1. The van der Waals surface area contributed by atoms with E-state index in [1.165, 1.54) is 0 Å². The molecule has 1 N–H and O–H groups in total. The zero-order chi connectivity index (χ0) is 24.2. The Hall–Kier alpha value is -3.70. The largest absolute Gasteiger partial charge is 0.480 e. The van der Waals surface area contributed by atoms with Gasteiger partial charge < -0.3 is 5.11 Å². The average molecular weight is 472 g/mol. The highest BCUT2D eigenvalue weighted by Crippen LogP contribution is 2.27. The Labute approximate surface area is 203 Å². The Kier molecular flexibility index (Phi) is 6.94. The van der Waals surface area contributed by atoms with E-state index in [1.807, 2.05) is 55.5 Å². The Balaban J connectivity index is 1.75. The van der Waals surface area contributed by atoms with Crippen LogP contribution in [0.15, 0.2) is 48.5 Å². The van der Waals surface area contributed by atoms with Crippen molar-refractivity contribution in [1.29, 1.82) is 5.26 Å². The summed E-state index contributed by atoms with van der Waals surface area (Å²) in [6.07, 6.45) is 3.42. The molecule has 7 nitrogen and oxygen atoms in total. The topological polar surface area (TPSA) is 104 Å². The van der Waals surface area contributed by atoms with Crippen LogP contribution in [0.1, 0.15) is 59.0 Å². The normalized spacial score (nSPS) is 11.9. The van der Waals surface area contributed by atoms with E-state index < -0.39 is 11.2 Å². The van der Waals surface area contributed by atoms with Crippen LogP contribution in [0.4, 0.5) is 0 Å². The molecule has 8 heteroatoms. The molecular formula is C26H25N5O2S. The van der Waals surface area contributed by atoms with Gasteiger partial charge in [-0.2, -0.15) is 22.4 Å². The van der Waals surface area contributed by atoms with E-state index >= 15 is 0 Å². The number of carboxylic acid groups (broad SMARTS) is 1. The summed E-state index contributed by atoms with van der Waals surface area (Å²) in [6, 6.07) is 17.9. The van der Waals surface area contributed by atoms with Crippen molar-refractivity contribution in [1.82, 2.24) is 19.6 Å². The number of hydrogen-bond donors (Lipinski definition) is 2. The van der Waals surface area contributed by atoms with E-state index in [4.69, 9.17) is 4.98 Å². The van der Waals surface area contributed by atoms with Gasteiger partial charge in [-0.1, -0.05) is 55.8 Å². The Bertz CT molecular complexity index is 1390. The minimum atomic E-state index is -1.11. The molecule has 1 atom stereocenters. The molecule has 1 unspecified atom stereocenters. The van der Waals surface area contributed by atoms with Crippen LogP contribution < -0.4 is 0 Å². The van der Waals surface area contributed by atoms with Crippen LogP contribution in [0, 0.1) is 18.3 Å². The Morgan fingerprint density at radius 2 is 1.91 bits per heavy atom. The fraction of sp³-hybridized carbons (Fsp3) is 0.269. The maximum atomic E-state index is 11.4. The summed E-state index contributed by atoms with van der Waals surface area (Å²) in [4.78, 5) is 20.8. The van der Waals surface area contributed by atoms with Gasteiger partial charge in [-0.3, -0.25) is 4.79 Å². The number of carbonyl (C=O) groups is 1. The van der Waals surface area contributed by atoms with Crippen LogP contribution in [0.5, 0.6) is 0 Å². The molecule has 0 radical (unpaired) electrons. The summed E-state index contributed by atoms with van der Waals surface area (Å²) in [6.45, 7) is 3.98. The van der Waals surface area contributed by atoms with Gasteiger partial charge in [0.1, 0.15) is 5.82 Å². The molecule has 0 aliphatic carbocycles. The van der Waals surface area contributed by atoms with Crippen molar-refractivity contribution in [3.8, 4) is 17.2 Å². The number of benzene rings is 2. The summed E-state index contributed by atoms with van der Waals surface area (Å²) in [7, 11) is 0. The quantitative estimate of drug-likeness (QED) is 0.352. The Morgan fingerprint density at radius 1 is 1.18 bits per heavy atom. The van der Waals surface area contributed by atoms with Gasteiger partial charge >= 0.3 is 5.97 Å². The van der Waals surface area contributed by atoms with Crippen molar-refractivity contribution in [2.45, 2.75) is 44.8 Å².